The smallest absolute Gasteiger partial charge is 0.0642 e. The second-order valence-electron chi connectivity index (χ2n) is 8.81. The molecule has 3 atom stereocenters. The summed E-state index contributed by atoms with van der Waals surface area (Å²) in [5, 5.41) is 3.89. The van der Waals surface area contributed by atoms with Crippen LogP contribution in [0.2, 0.25) is 0 Å². The number of rotatable bonds is 4. The van der Waals surface area contributed by atoms with Gasteiger partial charge in [-0.1, -0.05) is 32.9 Å². The highest BCUT2D eigenvalue weighted by Gasteiger charge is 2.60. The summed E-state index contributed by atoms with van der Waals surface area (Å²) in [6.45, 7) is 12.2. The topological polar surface area (TPSA) is 24.5 Å². The van der Waals surface area contributed by atoms with Crippen LogP contribution in [0.4, 0.5) is 5.69 Å². The largest absolute Gasteiger partial charge is 0.378 e. The summed E-state index contributed by atoms with van der Waals surface area (Å²) < 4.78 is 5.44. The highest BCUT2D eigenvalue weighted by Crippen LogP contribution is 2.65. The van der Waals surface area contributed by atoms with E-state index in [4.69, 9.17) is 4.74 Å². The van der Waals surface area contributed by atoms with E-state index in [0.717, 1.165) is 38.8 Å². The highest BCUT2D eigenvalue weighted by atomic mass is 16.5. The van der Waals surface area contributed by atoms with Crippen molar-refractivity contribution in [3.05, 3.63) is 29.8 Å². The monoisotopic (exact) mass is 328 g/mol. The Kier molecular flexibility index (Phi) is 4.12. The second-order valence-corrected chi connectivity index (χ2v) is 8.81. The van der Waals surface area contributed by atoms with Crippen LogP contribution in [0.5, 0.6) is 0 Å². The summed E-state index contributed by atoms with van der Waals surface area (Å²) in [5.41, 5.74) is 3.68. The van der Waals surface area contributed by atoms with Gasteiger partial charge >= 0.3 is 0 Å². The molecule has 3 unspecified atom stereocenters. The lowest BCUT2D eigenvalue weighted by Gasteiger charge is -2.39. The highest BCUT2D eigenvalue weighted by molar-refractivity contribution is 5.47. The van der Waals surface area contributed by atoms with Gasteiger partial charge in [0.15, 0.2) is 0 Å². The first kappa shape index (κ1) is 16.4. The third-order valence-corrected chi connectivity index (χ3v) is 7.66. The van der Waals surface area contributed by atoms with Crippen molar-refractivity contribution in [2.24, 2.45) is 16.7 Å². The molecule has 0 aromatic heterocycles. The molecule has 3 heteroatoms. The lowest BCUT2D eigenvalue weighted by atomic mass is 9.69. The minimum Gasteiger partial charge on any atom is -0.378 e. The van der Waals surface area contributed by atoms with Crippen molar-refractivity contribution in [2.45, 2.75) is 52.6 Å². The van der Waals surface area contributed by atoms with Crippen LogP contribution < -0.4 is 10.2 Å². The van der Waals surface area contributed by atoms with E-state index in [2.05, 4.69) is 55.3 Å². The zero-order chi connectivity index (χ0) is 16.8. The van der Waals surface area contributed by atoms with Crippen LogP contribution in [-0.2, 0) is 11.3 Å². The van der Waals surface area contributed by atoms with E-state index in [1.807, 2.05) is 0 Å². The van der Waals surface area contributed by atoms with E-state index in [1.54, 1.807) is 0 Å². The van der Waals surface area contributed by atoms with Crippen LogP contribution in [0.1, 0.15) is 45.6 Å². The maximum absolute atomic E-state index is 5.44. The standard InChI is InChI=1S/C21H32N2O/c1-20(2)17-8-9-21(20,3)19(14-17)22-15-16-4-6-18(7-5-16)23-10-12-24-13-11-23/h4-7,17,19,22H,8-15H2,1-3H3. The Balaban J connectivity index is 1.37. The number of hydrogen-bond acceptors (Lipinski definition) is 3. The summed E-state index contributed by atoms with van der Waals surface area (Å²) in [6, 6.07) is 9.80. The minimum atomic E-state index is 0.464. The molecule has 4 rings (SSSR count). The normalized spacial score (nSPS) is 34.7. The van der Waals surface area contributed by atoms with Crippen molar-refractivity contribution in [1.29, 1.82) is 0 Å². The molecule has 2 bridgehead atoms. The van der Waals surface area contributed by atoms with Gasteiger partial charge in [-0.2, -0.15) is 0 Å². The summed E-state index contributed by atoms with van der Waals surface area (Å²) in [6.07, 6.45) is 4.17. The van der Waals surface area contributed by atoms with Crippen molar-refractivity contribution < 1.29 is 4.74 Å². The summed E-state index contributed by atoms with van der Waals surface area (Å²) in [7, 11) is 0. The van der Waals surface area contributed by atoms with Gasteiger partial charge in [0.05, 0.1) is 13.2 Å². The fraction of sp³-hybridized carbons (Fsp3) is 0.714. The Labute approximate surface area is 146 Å². The van der Waals surface area contributed by atoms with Gasteiger partial charge in [-0.05, 0) is 53.7 Å². The van der Waals surface area contributed by atoms with E-state index >= 15 is 0 Å². The Hall–Kier alpha value is -1.06. The van der Waals surface area contributed by atoms with Crippen LogP contribution in [0.25, 0.3) is 0 Å². The molecule has 24 heavy (non-hydrogen) atoms. The molecule has 1 saturated heterocycles. The van der Waals surface area contributed by atoms with Gasteiger partial charge in [-0.15, -0.1) is 0 Å². The predicted octanol–water partition coefficient (Wildman–Crippen LogP) is 3.83. The van der Waals surface area contributed by atoms with E-state index in [0.29, 0.717) is 16.9 Å². The number of ether oxygens (including phenoxy) is 1. The lowest BCUT2D eigenvalue weighted by molar-refractivity contribution is 0.120. The maximum atomic E-state index is 5.44. The van der Waals surface area contributed by atoms with Crippen molar-refractivity contribution in [3.8, 4) is 0 Å². The zero-order valence-electron chi connectivity index (χ0n) is 15.5. The van der Waals surface area contributed by atoms with Gasteiger partial charge in [0, 0.05) is 31.4 Å². The van der Waals surface area contributed by atoms with Crippen LogP contribution in [0.15, 0.2) is 24.3 Å². The fourth-order valence-corrected chi connectivity index (χ4v) is 5.40. The van der Waals surface area contributed by atoms with Crippen molar-refractivity contribution in [1.82, 2.24) is 5.32 Å². The number of benzene rings is 1. The third kappa shape index (κ3) is 2.57. The molecular formula is C21H32N2O. The van der Waals surface area contributed by atoms with Crippen LogP contribution in [0, 0.1) is 16.7 Å². The lowest BCUT2D eigenvalue weighted by Crippen LogP contribution is -2.44. The van der Waals surface area contributed by atoms with Gasteiger partial charge in [-0.25, -0.2) is 0 Å². The number of nitrogens with one attached hydrogen (secondary N) is 1. The predicted molar refractivity (Wildman–Crippen MR) is 99.3 cm³/mol. The Morgan fingerprint density at radius 1 is 1.12 bits per heavy atom. The molecule has 3 nitrogen and oxygen atoms in total. The van der Waals surface area contributed by atoms with Crippen molar-refractivity contribution >= 4 is 5.69 Å². The summed E-state index contributed by atoms with van der Waals surface area (Å²) in [5.74, 6) is 0.906. The van der Waals surface area contributed by atoms with E-state index in [1.165, 1.54) is 30.5 Å². The Morgan fingerprint density at radius 2 is 1.83 bits per heavy atom. The number of nitrogens with zero attached hydrogens (tertiary/aromatic N) is 1. The molecule has 1 aromatic carbocycles. The maximum Gasteiger partial charge on any atom is 0.0642 e. The Bertz CT molecular complexity index is 576. The van der Waals surface area contributed by atoms with Gasteiger partial charge in [0.2, 0.25) is 0 Å². The van der Waals surface area contributed by atoms with E-state index in [9.17, 15) is 0 Å². The van der Waals surface area contributed by atoms with Gasteiger partial charge in [0.25, 0.3) is 0 Å². The minimum absolute atomic E-state index is 0.464. The molecule has 2 saturated carbocycles. The number of hydrogen-bond donors (Lipinski definition) is 1. The SMILES string of the molecule is CC1(C)C2CCC1(C)C(NCc1ccc(N3CCOCC3)cc1)C2. The molecule has 3 fully saturated rings. The van der Waals surface area contributed by atoms with Crippen LogP contribution in [0.3, 0.4) is 0 Å². The van der Waals surface area contributed by atoms with Gasteiger partial charge < -0.3 is 15.0 Å². The number of anilines is 1. The third-order valence-electron chi connectivity index (χ3n) is 7.66. The average Bonchev–Trinajstić information content (AvgIpc) is 2.94. The fourth-order valence-electron chi connectivity index (χ4n) is 5.40. The van der Waals surface area contributed by atoms with Gasteiger partial charge in [-0.3, -0.25) is 0 Å². The quantitative estimate of drug-likeness (QED) is 0.909. The number of fused-ring (bicyclic) bond motifs is 2. The summed E-state index contributed by atoms with van der Waals surface area (Å²) in [4.78, 5) is 2.42. The molecule has 1 heterocycles. The molecule has 132 valence electrons. The Morgan fingerprint density at radius 3 is 2.42 bits per heavy atom. The van der Waals surface area contributed by atoms with Crippen molar-refractivity contribution in [2.75, 3.05) is 31.2 Å². The van der Waals surface area contributed by atoms with Crippen molar-refractivity contribution in [3.63, 3.8) is 0 Å². The summed E-state index contributed by atoms with van der Waals surface area (Å²) >= 11 is 0. The van der Waals surface area contributed by atoms with Crippen LogP contribution >= 0.6 is 0 Å². The number of morpholine rings is 1. The first-order valence-electron chi connectivity index (χ1n) is 9.66. The second kappa shape index (κ2) is 6.03. The average molecular weight is 329 g/mol. The van der Waals surface area contributed by atoms with Crippen LogP contribution in [-0.4, -0.2) is 32.3 Å². The molecule has 1 aromatic rings. The van der Waals surface area contributed by atoms with E-state index < -0.39 is 0 Å². The van der Waals surface area contributed by atoms with Gasteiger partial charge in [0.1, 0.15) is 0 Å². The first-order chi connectivity index (χ1) is 11.5. The molecular weight excluding hydrogens is 296 g/mol. The molecule has 2 aliphatic carbocycles. The first-order valence-corrected chi connectivity index (χ1v) is 9.66. The zero-order valence-corrected chi connectivity index (χ0v) is 15.5. The molecule has 0 amide bonds. The van der Waals surface area contributed by atoms with E-state index in [-0.39, 0.29) is 0 Å². The molecule has 3 aliphatic rings. The molecule has 0 spiro atoms. The molecule has 1 aliphatic heterocycles. The molecule has 0 radical (unpaired) electrons. The molecule has 1 N–H and O–H groups in total.